The van der Waals surface area contributed by atoms with Crippen LogP contribution in [0.25, 0.3) is 0 Å². The van der Waals surface area contributed by atoms with Crippen LogP contribution in [-0.2, 0) is 0 Å². The van der Waals surface area contributed by atoms with Gasteiger partial charge in [-0.1, -0.05) is 23.2 Å². The number of nitrogens with zero attached hydrogens (tertiary/aromatic N) is 1. The molecule has 2 aliphatic rings. The van der Waals surface area contributed by atoms with Gasteiger partial charge in [0.05, 0.1) is 0 Å². The Hall–Kier alpha value is -0.280. The van der Waals surface area contributed by atoms with Gasteiger partial charge in [0, 0.05) is 28.7 Å². The lowest BCUT2D eigenvalue weighted by Gasteiger charge is -2.40. The van der Waals surface area contributed by atoms with E-state index in [1.165, 1.54) is 31.2 Å². The van der Waals surface area contributed by atoms with Crippen LogP contribution in [0.5, 0.6) is 0 Å². The van der Waals surface area contributed by atoms with Gasteiger partial charge in [0.25, 0.3) is 0 Å². The SMILES string of the molecule is CN1CCCC(CNC2CC2)C1c1cc(Cl)cc(Cl)c1. The van der Waals surface area contributed by atoms with Crippen LogP contribution >= 0.6 is 23.2 Å². The fourth-order valence-corrected chi connectivity index (χ4v) is 3.89. The Bertz CT molecular complexity index is 453. The predicted molar refractivity (Wildman–Crippen MR) is 85.6 cm³/mol. The largest absolute Gasteiger partial charge is 0.314 e. The zero-order valence-electron chi connectivity index (χ0n) is 11.9. The second-order valence-corrected chi connectivity index (χ2v) is 7.09. The first-order valence-corrected chi connectivity index (χ1v) is 8.28. The summed E-state index contributed by atoms with van der Waals surface area (Å²) in [5, 5.41) is 5.16. The molecule has 2 fully saturated rings. The summed E-state index contributed by atoms with van der Waals surface area (Å²) in [4.78, 5) is 2.45. The maximum Gasteiger partial charge on any atom is 0.0424 e. The van der Waals surface area contributed by atoms with Gasteiger partial charge in [-0.25, -0.2) is 0 Å². The molecule has 0 bridgehead atoms. The van der Waals surface area contributed by atoms with E-state index in [2.05, 4.69) is 29.4 Å². The Labute approximate surface area is 131 Å². The summed E-state index contributed by atoms with van der Waals surface area (Å²) >= 11 is 12.4. The first kappa shape index (κ1) is 14.6. The molecule has 2 unspecified atom stereocenters. The minimum Gasteiger partial charge on any atom is -0.314 e. The second kappa shape index (κ2) is 6.23. The molecule has 20 heavy (non-hydrogen) atoms. The number of hydrogen-bond donors (Lipinski definition) is 1. The van der Waals surface area contributed by atoms with Crippen LogP contribution < -0.4 is 5.32 Å². The minimum atomic E-state index is 0.422. The number of nitrogens with one attached hydrogen (secondary N) is 1. The van der Waals surface area contributed by atoms with E-state index in [1.54, 1.807) is 0 Å². The lowest BCUT2D eigenvalue weighted by Crippen LogP contribution is -2.41. The van der Waals surface area contributed by atoms with Gasteiger partial charge < -0.3 is 5.32 Å². The molecule has 0 radical (unpaired) electrons. The zero-order chi connectivity index (χ0) is 14.1. The molecule has 0 amide bonds. The van der Waals surface area contributed by atoms with Crippen molar-refractivity contribution >= 4 is 23.2 Å². The second-order valence-electron chi connectivity index (χ2n) is 6.21. The lowest BCUT2D eigenvalue weighted by atomic mass is 9.85. The maximum absolute atomic E-state index is 6.18. The Morgan fingerprint density at radius 1 is 1.15 bits per heavy atom. The van der Waals surface area contributed by atoms with Crippen LogP contribution in [0.15, 0.2) is 18.2 Å². The summed E-state index contributed by atoms with van der Waals surface area (Å²) in [6, 6.07) is 7.15. The van der Waals surface area contributed by atoms with Gasteiger partial charge in [0.2, 0.25) is 0 Å². The van der Waals surface area contributed by atoms with Crippen molar-refractivity contribution < 1.29 is 0 Å². The number of hydrogen-bond acceptors (Lipinski definition) is 2. The lowest BCUT2D eigenvalue weighted by molar-refractivity contribution is 0.119. The minimum absolute atomic E-state index is 0.422. The monoisotopic (exact) mass is 312 g/mol. The molecule has 1 N–H and O–H groups in total. The van der Waals surface area contributed by atoms with Crippen molar-refractivity contribution in [3.63, 3.8) is 0 Å². The molecule has 1 aliphatic carbocycles. The van der Waals surface area contributed by atoms with Crippen LogP contribution in [0.2, 0.25) is 10.0 Å². The van der Waals surface area contributed by atoms with E-state index in [0.29, 0.717) is 12.0 Å². The highest BCUT2D eigenvalue weighted by Crippen LogP contribution is 2.37. The summed E-state index contributed by atoms with van der Waals surface area (Å²) in [6.45, 7) is 2.25. The maximum atomic E-state index is 6.18. The summed E-state index contributed by atoms with van der Waals surface area (Å²) in [5.74, 6) is 0.642. The fraction of sp³-hybridized carbons (Fsp3) is 0.625. The van der Waals surface area contributed by atoms with Crippen molar-refractivity contribution in [1.82, 2.24) is 10.2 Å². The fourth-order valence-electron chi connectivity index (χ4n) is 3.35. The Balaban J connectivity index is 1.80. The van der Waals surface area contributed by atoms with E-state index in [-0.39, 0.29) is 0 Å². The molecular weight excluding hydrogens is 291 g/mol. The molecular formula is C16H22Cl2N2. The van der Waals surface area contributed by atoms with Gasteiger partial charge in [0.1, 0.15) is 0 Å². The molecule has 1 saturated carbocycles. The average molecular weight is 313 g/mol. The molecule has 4 heteroatoms. The third kappa shape index (κ3) is 3.48. The molecule has 1 aliphatic heterocycles. The van der Waals surface area contributed by atoms with Crippen molar-refractivity contribution in [3.05, 3.63) is 33.8 Å². The summed E-state index contributed by atoms with van der Waals surface area (Å²) < 4.78 is 0. The van der Waals surface area contributed by atoms with Crippen molar-refractivity contribution in [2.24, 2.45) is 5.92 Å². The van der Waals surface area contributed by atoms with Crippen molar-refractivity contribution in [2.45, 2.75) is 37.8 Å². The van der Waals surface area contributed by atoms with Crippen LogP contribution in [0.3, 0.4) is 0 Å². The molecule has 1 saturated heterocycles. The van der Waals surface area contributed by atoms with Crippen LogP contribution in [0, 0.1) is 5.92 Å². The van der Waals surface area contributed by atoms with Gasteiger partial charge in [-0.15, -0.1) is 0 Å². The van der Waals surface area contributed by atoms with Gasteiger partial charge >= 0.3 is 0 Å². The number of halogens is 2. The molecule has 1 aromatic rings. The Morgan fingerprint density at radius 3 is 2.50 bits per heavy atom. The molecule has 2 nitrogen and oxygen atoms in total. The number of benzene rings is 1. The molecule has 110 valence electrons. The van der Waals surface area contributed by atoms with E-state index in [0.717, 1.165) is 29.2 Å². The third-order valence-electron chi connectivity index (χ3n) is 4.48. The van der Waals surface area contributed by atoms with Crippen LogP contribution in [-0.4, -0.2) is 31.1 Å². The molecule has 0 aromatic heterocycles. The highest BCUT2D eigenvalue weighted by atomic mass is 35.5. The van der Waals surface area contributed by atoms with E-state index in [9.17, 15) is 0 Å². The third-order valence-corrected chi connectivity index (χ3v) is 4.92. The zero-order valence-corrected chi connectivity index (χ0v) is 13.4. The number of rotatable bonds is 4. The quantitative estimate of drug-likeness (QED) is 0.899. The van der Waals surface area contributed by atoms with Gasteiger partial charge in [0.15, 0.2) is 0 Å². The Morgan fingerprint density at radius 2 is 1.85 bits per heavy atom. The van der Waals surface area contributed by atoms with Crippen LogP contribution in [0.4, 0.5) is 0 Å². The Kier molecular flexibility index (Phi) is 4.56. The number of likely N-dealkylation sites (tertiary alicyclic amines) is 1. The van der Waals surface area contributed by atoms with E-state index in [1.807, 2.05) is 6.07 Å². The smallest absolute Gasteiger partial charge is 0.0424 e. The van der Waals surface area contributed by atoms with Crippen LogP contribution in [0.1, 0.15) is 37.3 Å². The first-order valence-electron chi connectivity index (χ1n) is 7.53. The normalized spacial score (nSPS) is 27.8. The molecule has 3 rings (SSSR count). The summed E-state index contributed by atoms with van der Waals surface area (Å²) in [5.41, 5.74) is 1.26. The van der Waals surface area contributed by atoms with Crippen molar-refractivity contribution in [1.29, 1.82) is 0 Å². The van der Waals surface area contributed by atoms with E-state index < -0.39 is 0 Å². The summed E-state index contributed by atoms with van der Waals surface area (Å²) in [6.07, 6.45) is 5.24. The highest BCUT2D eigenvalue weighted by molar-refractivity contribution is 6.34. The molecule has 2 atom stereocenters. The first-order chi connectivity index (χ1) is 9.63. The number of piperidine rings is 1. The van der Waals surface area contributed by atoms with Crippen molar-refractivity contribution in [2.75, 3.05) is 20.1 Å². The van der Waals surface area contributed by atoms with Gasteiger partial charge in [-0.05, 0) is 69.0 Å². The molecule has 1 heterocycles. The van der Waals surface area contributed by atoms with Gasteiger partial charge in [-0.3, -0.25) is 4.90 Å². The molecule has 0 spiro atoms. The average Bonchev–Trinajstić information content (AvgIpc) is 3.19. The van der Waals surface area contributed by atoms with Gasteiger partial charge in [-0.2, -0.15) is 0 Å². The topological polar surface area (TPSA) is 15.3 Å². The summed E-state index contributed by atoms with van der Waals surface area (Å²) in [7, 11) is 2.21. The predicted octanol–water partition coefficient (Wildman–Crippen LogP) is 4.13. The van der Waals surface area contributed by atoms with E-state index in [4.69, 9.17) is 23.2 Å². The standard InChI is InChI=1S/C16H22Cl2N2/c1-20-6-2-3-11(10-19-15-4-5-15)16(20)12-7-13(17)9-14(18)8-12/h7-9,11,15-16,19H,2-6,10H2,1H3. The van der Waals surface area contributed by atoms with E-state index >= 15 is 0 Å². The van der Waals surface area contributed by atoms with Crippen molar-refractivity contribution in [3.8, 4) is 0 Å². The molecule has 1 aromatic carbocycles. The highest BCUT2D eigenvalue weighted by Gasteiger charge is 2.32.